The molecule has 0 saturated carbocycles. The highest BCUT2D eigenvalue weighted by Crippen LogP contribution is 2.30. The number of fused-ring (bicyclic) bond motifs is 1. The zero-order chi connectivity index (χ0) is 18.0. The summed E-state index contributed by atoms with van der Waals surface area (Å²) in [5, 5.41) is 3.04. The number of hydrogen-bond donors (Lipinski definition) is 1. The monoisotopic (exact) mass is 340 g/mol. The third-order valence-electron chi connectivity index (χ3n) is 4.98. The van der Waals surface area contributed by atoms with Crippen LogP contribution >= 0.6 is 0 Å². The molecular weight excluding hydrogens is 315 g/mol. The smallest absolute Gasteiger partial charge is 0.238 e. The molecule has 1 unspecified atom stereocenters. The first kappa shape index (κ1) is 17.6. The highest BCUT2D eigenvalue weighted by Gasteiger charge is 2.26. The van der Waals surface area contributed by atoms with Gasteiger partial charge in [0.15, 0.2) is 0 Å². The molecule has 25 heavy (non-hydrogen) atoms. The SMILES string of the molecule is CC(C)c1ccccc1NC(=O)CN1CCc2ccc(F)cc2C1C. The quantitative estimate of drug-likeness (QED) is 0.888. The lowest BCUT2D eigenvalue weighted by atomic mass is 9.93. The molecular formula is C21H25FN2O. The molecule has 2 aromatic rings. The van der Waals surface area contributed by atoms with Crippen LogP contribution in [0.3, 0.4) is 0 Å². The second-order valence-corrected chi connectivity index (χ2v) is 7.03. The van der Waals surface area contributed by atoms with Crippen molar-refractivity contribution in [2.45, 2.75) is 39.2 Å². The zero-order valence-electron chi connectivity index (χ0n) is 15.1. The number of para-hydroxylation sites is 1. The minimum Gasteiger partial charge on any atom is -0.325 e. The summed E-state index contributed by atoms with van der Waals surface area (Å²) in [6.07, 6.45) is 0.843. The Bertz CT molecular complexity index is 772. The molecule has 1 aliphatic heterocycles. The fourth-order valence-electron chi connectivity index (χ4n) is 3.54. The zero-order valence-corrected chi connectivity index (χ0v) is 15.1. The second kappa shape index (κ2) is 7.36. The van der Waals surface area contributed by atoms with E-state index in [1.807, 2.05) is 37.3 Å². The first-order valence-electron chi connectivity index (χ1n) is 8.87. The van der Waals surface area contributed by atoms with Crippen molar-refractivity contribution in [3.8, 4) is 0 Å². The number of carbonyl (C=O) groups is 1. The van der Waals surface area contributed by atoms with Crippen molar-refractivity contribution in [1.82, 2.24) is 4.90 Å². The molecule has 132 valence electrons. The highest BCUT2D eigenvalue weighted by molar-refractivity contribution is 5.93. The third kappa shape index (κ3) is 3.90. The maximum Gasteiger partial charge on any atom is 0.238 e. The van der Waals surface area contributed by atoms with Gasteiger partial charge < -0.3 is 5.32 Å². The van der Waals surface area contributed by atoms with Gasteiger partial charge in [-0.1, -0.05) is 38.1 Å². The number of anilines is 1. The van der Waals surface area contributed by atoms with Gasteiger partial charge >= 0.3 is 0 Å². The Morgan fingerprint density at radius 1 is 1.28 bits per heavy atom. The van der Waals surface area contributed by atoms with Gasteiger partial charge in [-0.2, -0.15) is 0 Å². The van der Waals surface area contributed by atoms with E-state index in [1.54, 1.807) is 6.07 Å². The standard InChI is InChI=1S/C21H25FN2O/c1-14(2)18-6-4-5-7-20(18)23-21(25)13-24-11-10-16-8-9-17(22)12-19(16)15(24)3/h4-9,12,14-15H,10-11,13H2,1-3H3,(H,23,25). The predicted octanol–water partition coefficient (Wildman–Crippen LogP) is 4.51. The van der Waals surface area contributed by atoms with Crippen molar-refractivity contribution < 1.29 is 9.18 Å². The van der Waals surface area contributed by atoms with Crippen LogP contribution in [0.2, 0.25) is 0 Å². The van der Waals surface area contributed by atoms with Crippen molar-refractivity contribution in [1.29, 1.82) is 0 Å². The van der Waals surface area contributed by atoms with E-state index in [-0.39, 0.29) is 17.8 Å². The predicted molar refractivity (Wildman–Crippen MR) is 99.3 cm³/mol. The molecule has 2 aromatic carbocycles. The fraction of sp³-hybridized carbons (Fsp3) is 0.381. The molecule has 0 radical (unpaired) electrons. The van der Waals surface area contributed by atoms with Crippen LogP contribution in [-0.4, -0.2) is 23.9 Å². The van der Waals surface area contributed by atoms with Crippen molar-refractivity contribution in [3.05, 3.63) is 65.0 Å². The molecule has 0 aliphatic carbocycles. The maximum absolute atomic E-state index is 13.6. The van der Waals surface area contributed by atoms with Gasteiger partial charge in [0.1, 0.15) is 5.82 Å². The van der Waals surface area contributed by atoms with E-state index in [2.05, 4.69) is 24.1 Å². The molecule has 1 atom stereocenters. The van der Waals surface area contributed by atoms with Crippen molar-refractivity contribution >= 4 is 11.6 Å². The van der Waals surface area contributed by atoms with Gasteiger partial charge in [0.05, 0.1) is 6.54 Å². The molecule has 3 rings (SSSR count). The molecule has 0 fully saturated rings. The molecule has 4 heteroatoms. The van der Waals surface area contributed by atoms with Crippen LogP contribution in [0.1, 0.15) is 49.4 Å². The lowest BCUT2D eigenvalue weighted by molar-refractivity contribution is -0.117. The number of halogens is 1. The lowest BCUT2D eigenvalue weighted by Crippen LogP contribution is -2.39. The summed E-state index contributed by atoms with van der Waals surface area (Å²) >= 11 is 0. The molecule has 3 nitrogen and oxygen atoms in total. The van der Waals surface area contributed by atoms with Gasteiger partial charge in [-0.3, -0.25) is 9.69 Å². The Morgan fingerprint density at radius 2 is 2.04 bits per heavy atom. The van der Waals surface area contributed by atoms with E-state index in [0.717, 1.165) is 29.8 Å². The van der Waals surface area contributed by atoms with Gasteiger partial charge in [0.2, 0.25) is 5.91 Å². The summed E-state index contributed by atoms with van der Waals surface area (Å²) in [6, 6.07) is 12.9. The number of amides is 1. The average Bonchev–Trinajstić information content (AvgIpc) is 2.58. The number of nitrogens with one attached hydrogen (secondary N) is 1. The number of rotatable bonds is 4. The first-order chi connectivity index (χ1) is 12.0. The number of nitrogens with zero attached hydrogens (tertiary/aromatic N) is 1. The number of benzene rings is 2. The van der Waals surface area contributed by atoms with Gasteiger partial charge in [0.25, 0.3) is 0 Å². The van der Waals surface area contributed by atoms with E-state index in [9.17, 15) is 9.18 Å². The lowest BCUT2D eigenvalue weighted by Gasteiger charge is -2.34. The summed E-state index contributed by atoms with van der Waals surface area (Å²) < 4.78 is 13.6. The molecule has 0 spiro atoms. The first-order valence-corrected chi connectivity index (χ1v) is 8.87. The van der Waals surface area contributed by atoms with Crippen LogP contribution in [0.25, 0.3) is 0 Å². The largest absolute Gasteiger partial charge is 0.325 e. The van der Waals surface area contributed by atoms with Crippen LogP contribution < -0.4 is 5.32 Å². The highest BCUT2D eigenvalue weighted by atomic mass is 19.1. The summed E-state index contributed by atoms with van der Waals surface area (Å²) in [6.45, 7) is 7.38. The number of hydrogen-bond acceptors (Lipinski definition) is 2. The van der Waals surface area contributed by atoms with Crippen LogP contribution in [0.4, 0.5) is 10.1 Å². The summed E-state index contributed by atoms with van der Waals surface area (Å²) in [5.41, 5.74) is 4.17. The van der Waals surface area contributed by atoms with Gasteiger partial charge in [-0.15, -0.1) is 0 Å². The van der Waals surface area contributed by atoms with E-state index < -0.39 is 0 Å². The van der Waals surface area contributed by atoms with Gasteiger partial charge in [-0.25, -0.2) is 4.39 Å². The van der Waals surface area contributed by atoms with E-state index >= 15 is 0 Å². The molecule has 1 aliphatic rings. The average molecular weight is 340 g/mol. The van der Waals surface area contributed by atoms with Crippen LogP contribution in [0, 0.1) is 5.82 Å². The van der Waals surface area contributed by atoms with Crippen LogP contribution in [-0.2, 0) is 11.2 Å². The topological polar surface area (TPSA) is 32.3 Å². The van der Waals surface area contributed by atoms with E-state index in [1.165, 1.54) is 11.6 Å². The van der Waals surface area contributed by atoms with Crippen LogP contribution in [0.15, 0.2) is 42.5 Å². The second-order valence-electron chi connectivity index (χ2n) is 7.03. The maximum atomic E-state index is 13.6. The minimum absolute atomic E-state index is 0.0280. The number of carbonyl (C=O) groups excluding carboxylic acids is 1. The Hall–Kier alpha value is -2.20. The van der Waals surface area contributed by atoms with Crippen LogP contribution in [0.5, 0.6) is 0 Å². The summed E-state index contributed by atoms with van der Waals surface area (Å²) in [7, 11) is 0. The van der Waals surface area contributed by atoms with E-state index in [0.29, 0.717) is 12.5 Å². The van der Waals surface area contributed by atoms with Gasteiger partial charge in [-0.05, 0) is 54.2 Å². The Balaban J connectivity index is 1.70. The molecule has 0 aromatic heterocycles. The molecule has 1 N–H and O–H groups in total. The van der Waals surface area contributed by atoms with E-state index in [4.69, 9.17) is 0 Å². The molecule has 1 amide bonds. The van der Waals surface area contributed by atoms with Crippen molar-refractivity contribution in [2.75, 3.05) is 18.4 Å². The molecule has 0 saturated heterocycles. The summed E-state index contributed by atoms with van der Waals surface area (Å²) in [5.74, 6) is 0.0998. The Kier molecular flexibility index (Phi) is 5.19. The van der Waals surface area contributed by atoms with Crippen molar-refractivity contribution in [3.63, 3.8) is 0 Å². The Morgan fingerprint density at radius 3 is 2.80 bits per heavy atom. The minimum atomic E-state index is -0.220. The normalized spacial score (nSPS) is 17.4. The fourth-order valence-corrected chi connectivity index (χ4v) is 3.54. The Labute approximate surface area is 148 Å². The van der Waals surface area contributed by atoms with Gasteiger partial charge in [0, 0.05) is 18.3 Å². The third-order valence-corrected chi connectivity index (χ3v) is 4.98. The van der Waals surface area contributed by atoms with Crippen molar-refractivity contribution in [2.24, 2.45) is 0 Å². The molecule has 1 heterocycles. The molecule has 0 bridgehead atoms. The summed E-state index contributed by atoms with van der Waals surface area (Å²) in [4.78, 5) is 14.7.